The fraction of sp³-hybridized carbons (Fsp3) is 0.211. The summed E-state index contributed by atoms with van der Waals surface area (Å²) in [4.78, 5) is 14.4. The zero-order chi connectivity index (χ0) is 16.2. The van der Waals surface area contributed by atoms with E-state index in [2.05, 4.69) is 46.7 Å². The second kappa shape index (κ2) is 6.67. The molecule has 1 amide bonds. The highest BCUT2D eigenvalue weighted by atomic mass is 16.1. The Morgan fingerprint density at radius 3 is 2.61 bits per heavy atom. The van der Waals surface area contributed by atoms with E-state index >= 15 is 0 Å². The number of aromatic nitrogens is 1. The molecule has 118 valence electrons. The first-order valence-electron chi connectivity index (χ1n) is 7.81. The first-order valence-corrected chi connectivity index (χ1v) is 7.81. The van der Waals surface area contributed by atoms with Crippen molar-refractivity contribution in [3.05, 3.63) is 71.4 Å². The number of nitrogens with two attached hydrogens (primary N) is 1. The fourth-order valence-electron chi connectivity index (χ4n) is 3.00. The molecule has 4 nitrogen and oxygen atoms in total. The molecule has 3 aromatic rings. The molecule has 1 heterocycles. The second-order valence-corrected chi connectivity index (χ2v) is 5.75. The number of hydrogen-bond acceptors (Lipinski definition) is 2. The molecule has 0 spiro atoms. The van der Waals surface area contributed by atoms with Crippen LogP contribution in [0, 0.1) is 0 Å². The fourth-order valence-corrected chi connectivity index (χ4v) is 3.00. The standard InChI is InChI=1S/C19H21N3O/c1-21-10-9-16(13-5-3-2-4-6-13)14-7-8-17-15(11-14)12-18(22-17)19(20)23/h2-8,11-12,16,21-22H,9-10H2,1H3,(H2,20,23). The average molecular weight is 307 g/mol. The zero-order valence-corrected chi connectivity index (χ0v) is 13.2. The van der Waals surface area contributed by atoms with Gasteiger partial charge in [0.2, 0.25) is 0 Å². The lowest BCUT2D eigenvalue weighted by Gasteiger charge is -2.18. The van der Waals surface area contributed by atoms with Gasteiger partial charge in [-0.2, -0.15) is 0 Å². The van der Waals surface area contributed by atoms with Crippen molar-refractivity contribution in [2.75, 3.05) is 13.6 Å². The highest BCUT2D eigenvalue weighted by Crippen LogP contribution is 2.30. The van der Waals surface area contributed by atoms with Gasteiger partial charge in [-0.05, 0) is 49.3 Å². The third-order valence-corrected chi connectivity index (χ3v) is 4.20. The van der Waals surface area contributed by atoms with E-state index in [0.29, 0.717) is 11.6 Å². The van der Waals surface area contributed by atoms with E-state index in [1.807, 2.05) is 25.2 Å². The molecule has 0 saturated heterocycles. The van der Waals surface area contributed by atoms with E-state index in [4.69, 9.17) is 5.73 Å². The molecule has 1 unspecified atom stereocenters. The van der Waals surface area contributed by atoms with Gasteiger partial charge in [-0.15, -0.1) is 0 Å². The van der Waals surface area contributed by atoms with Gasteiger partial charge in [0, 0.05) is 16.8 Å². The number of benzene rings is 2. The normalized spacial score (nSPS) is 12.4. The van der Waals surface area contributed by atoms with Crippen LogP contribution in [0.2, 0.25) is 0 Å². The Kier molecular flexibility index (Phi) is 4.44. The Morgan fingerprint density at radius 1 is 1.13 bits per heavy atom. The van der Waals surface area contributed by atoms with Crippen molar-refractivity contribution in [3.8, 4) is 0 Å². The van der Waals surface area contributed by atoms with Crippen LogP contribution in [0.3, 0.4) is 0 Å². The molecule has 0 radical (unpaired) electrons. The zero-order valence-electron chi connectivity index (χ0n) is 13.2. The maximum Gasteiger partial charge on any atom is 0.265 e. The van der Waals surface area contributed by atoms with E-state index in [1.165, 1.54) is 11.1 Å². The third-order valence-electron chi connectivity index (χ3n) is 4.20. The number of fused-ring (bicyclic) bond motifs is 1. The molecule has 0 saturated carbocycles. The lowest BCUT2D eigenvalue weighted by Crippen LogP contribution is -2.13. The summed E-state index contributed by atoms with van der Waals surface area (Å²) in [6, 6.07) is 18.6. The Bertz CT molecular complexity index is 808. The first kappa shape index (κ1) is 15.3. The van der Waals surface area contributed by atoms with Crippen LogP contribution in [-0.2, 0) is 0 Å². The number of carbonyl (C=O) groups is 1. The summed E-state index contributed by atoms with van der Waals surface area (Å²) in [5.74, 6) is -0.113. The summed E-state index contributed by atoms with van der Waals surface area (Å²) in [5.41, 5.74) is 9.28. The minimum atomic E-state index is -0.433. The van der Waals surface area contributed by atoms with Crippen molar-refractivity contribution in [3.63, 3.8) is 0 Å². The van der Waals surface area contributed by atoms with Crippen LogP contribution >= 0.6 is 0 Å². The quantitative estimate of drug-likeness (QED) is 0.655. The van der Waals surface area contributed by atoms with Crippen molar-refractivity contribution in [2.45, 2.75) is 12.3 Å². The van der Waals surface area contributed by atoms with Crippen LogP contribution in [0.25, 0.3) is 10.9 Å². The number of aromatic amines is 1. The minimum Gasteiger partial charge on any atom is -0.364 e. The lowest BCUT2D eigenvalue weighted by atomic mass is 9.88. The van der Waals surface area contributed by atoms with Crippen LogP contribution in [0.15, 0.2) is 54.6 Å². The number of carbonyl (C=O) groups excluding carboxylic acids is 1. The van der Waals surface area contributed by atoms with Crippen molar-refractivity contribution in [1.82, 2.24) is 10.3 Å². The molecule has 23 heavy (non-hydrogen) atoms. The van der Waals surface area contributed by atoms with Gasteiger partial charge < -0.3 is 16.0 Å². The average Bonchev–Trinajstić information content (AvgIpc) is 3.00. The van der Waals surface area contributed by atoms with E-state index in [-0.39, 0.29) is 0 Å². The van der Waals surface area contributed by atoms with Gasteiger partial charge in [0.05, 0.1) is 0 Å². The summed E-state index contributed by atoms with van der Waals surface area (Å²) in [6.07, 6.45) is 1.01. The first-order chi connectivity index (χ1) is 11.2. The number of H-pyrrole nitrogens is 1. The summed E-state index contributed by atoms with van der Waals surface area (Å²) in [5, 5.41) is 4.24. The Balaban J connectivity index is 2.01. The van der Waals surface area contributed by atoms with Gasteiger partial charge in [0.25, 0.3) is 5.91 Å². The summed E-state index contributed by atoms with van der Waals surface area (Å²) in [7, 11) is 1.97. The highest BCUT2D eigenvalue weighted by molar-refractivity contribution is 5.97. The van der Waals surface area contributed by atoms with Crippen LogP contribution in [0.4, 0.5) is 0 Å². The van der Waals surface area contributed by atoms with Crippen molar-refractivity contribution >= 4 is 16.8 Å². The van der Waals surface area contributed by atoms with E-state index in [9.17, 15) is 4.79 Å². The second-order valence-electron chi connectivity index (χ2n) is 5.75. The molecule has 2 aromatic carbocycles. The predicted molar refractivity (Wildman–Crippen MR) is 93.6 cm³/mol. The molecule has 1 aromatic heterocycles. The molecule has 0 aliphatic rings. The van der Waals surface area contributed by atoms with Crippen LogP contribution in [0.5, 0.6) is 0 Å². The van der Waals surface area contributed by atoms with Gasteiger partial charge in [0.1, 0.15) is 5.69 Å². The number of nitrogens with one attached hydrogen (secondary N) is 2. The van der Waals surface area contributed by atoms with Crippen molar-refractivity contribution < 1.29 is 4.79 Å². The summed E-state index contributed by atoms with van der Waals surface area (Å²) >= 11 is 0. The molecule has 4 heteroatoms. The molecule has 0 aliphatic carbocycles. The SMILES string of the molecule is CNCCC(c1ccccc1)c1ccc2[nH]c(C(N)=O)cc2c1. The van der Waals surface area contributed by atoms with Crippen molar-refractivity contribution in [2.24, 2.45) is 5.73 Å². The topological polar surface area (TPSA) is 70.9 Å². The summed E-state index contributed by atoms with van der Waals surface area (Å²) < 4.78 is 0. The summed E-state index contributed by atoms with van der Waals surface area (Å²) in [6.45, 7) is 0.942. The van der Waals surface area contributed by atoms with Gasteiger partial charge in [-0.3, -0.25) is 4.79 Å². The predicted octanol–water partition coefficient (Wildman–Crippen LogP) is 3.01. The molecule has 0 aliphatic heterocycles. The van der Waals surface area contributed by atoms with Crippen molar-refractivity contribution in [1.29, 1.82) is 0 Å². The maximum absolute atomic E-state index is 11.3. The lowest BCUT2D eigenvalue weighted by molar-refractivity contribution is 0.0996. The molecule has 0 bridgehead atoms. The minimum absolute atomic E-state index is 0.319. The third kappa shape index (κ3) is 3.27. The highest BCUT2D eigenvalue weighted by Gasteiger charge is 2.15. The van der Waals surface area contributed by atoms with E-state index in [1.54, 1.807) is 0 Å². The molecule has 4 N–H and O–H groups in total. The molecular weight excluding hydrogens is 286 g/mol. The Hall–Kier alpha value is -2.59. The largest absolute Gasteiger partial charge is 0.364 e. The maximum atomic E-state index is 11.3. The van der Waals surface area contributed by atoms with E-state index in [0.717, 1.165) is 23.9 Å². The molecule has 3 rings (SSSR count). The molecule has 0 fully saturated rings. The van der Waals surface area contributed by atoms with Gasteiger partial charge in [0.15, 0.2) is 0 Å². The number of hydrogen-bond donors (Lipinski definition) is 3. The smallest absolute Gasteiger partial charge is 0.265 e. The molecule has 1 atom stereocenters. The number of rotatable bonds is 6. The molecular formula is C19H21N3O. The van der Waals surface area contributed by atoms with Gasteiger partial charge >= 0.3 is 0 Å². The van der Waals surface area contributed by atoms with E-state index < -0.39 is 5.91 Å². The Labute approximate surface area is 135 Å². The number of amides is 1. The number of primary amides is 1. The van der Waals surface area contributed by atoms with Gasteiger partial charge in [-0.1, -0.05) is 36.4 Å². The van der Waals surface area contributed by atoms with Crippen LogP contribution in [0.1, 0.15) is 34.0 Å². The Morgan fingerprint density at radius 2 is 1.91 bits per heavy atom. The van der Waals surface area contributed by atoms with Crippen LogP contribution in [-0.4, -0.2) is 24.5 Å². The van der Waals surface area contributed by atoms with Gasteiger partial charge in [-0.25, -0.2) is 0 Å². The van der Waals surface area contributed by atoms with Crippen LogP contribution < -0.4 is 11.1 Å². The monoisotopic (exact) mass is 307 g/mol.